The fourth-order valence-electron chi connectivity index (χ4n) is 0. The maximum atomic E-state index is 10.2. The SMILES string of the molecule is C.C.C.C.C.C.C.C.C.C.C.C.CP(=O)(O)O.CP(=O)(O)O.CP(=O)(O)O.CP(=O)(O)O.CP(C)(=O)O.CP(C)(=O)O.CP(C)(=O)O.CP(C)(=O)O.CP(C)(C)=O.CP(C)(C)=O.CP(C)(C)=O.CP(C)(C)=O. The lowest BCUT2D eigenvalue weighted by Gasteiger charge is -1.86. The van der Waals surface area contributed by atoms with Crippen molar-refractivity contribution >= 4 is 88.4 Å². The lowest BCUT2D eigenvalue weighted by atomic mass is 11.9. The molecule has 24 nitrogen and oxygen atoms in total. The van der Waals surface area contributed by atoms with Crippen molar-refractivity contribution in [2.75, 3.05) is 160 Å². The van der Waals surface area contributed by atoms with Crippen LogP contribution < -0.4 is 0 Å². The third-order valence-corrected chi connectivity index (χ3v) is 0. The Kier molecular flexibility index (Phi) is 152. The molecule has 0 aromatic rings. The second-order valence-electron chi connectivity index (χ2n) is 16.1. The number of hydrogen-bond acceptors (Lipinski definition) is 12. The molecule has 72 heavy (non-hydrogen) atoms. The minimum atomic E-state index is -3.64. The molecule has 0 bridgehead atoms. The summed E-state index contributed by atoms with van der Waals surface area (Å²) in [6.07, 6.45) is 0. The number of hydrogen-bond donors (Lipinski definition) is 12. The highest BCUT2D eigenvalue weighted by atomic mass is 31.2. The van der Waals surface area contributed by atoms with Crippen LogP contribution in [0.3, 0.4) is 0 Å². The molecule has 0 spiro atoms. The Hall–Kier alpha value is 2.28. The molecule has 0 rings (SSSR count). The monoisotopic (exact) mass is 1320 g/mol. The first-order valence-electron chi connectivity index (χ1n) is 15.3. The van der Waals surface area contributed by atoms with E-state index in [0.717, 1.165) is 26.7 Å². The fourth-order valence-corrected chi connectivity index (χ4v) is 0. The van der Waals surface area contributed by atoms with Gasteiger partial charge in [0, 0.05) is 80.0 Å². The van der Waals surface area contributed by atoms with Crippen LogP contribution >= 0.6 is 88.4 Å². The molecular weight excluding hydrogens is 1190 g/mol. The third-order valence-electron chi connectivity index (χ3n) is 0. The highest BCUT2D eigenvalue weighted by Crippen LogP contribution is 2.32. The zero-order valence-corrected chi connectivity index (χ0v) is 50.4. The first-order chi connectivity index (χ1) is 24.0. The average molecular weight is 1320 g/mol. The van der Waals surface area contributed by atoms with E-state index in [2.05, 4.69) is 0 Å². The van der Waals surface area contributed by atoms with Crippen molar-refractivity contribution in [1.29, 1.82) is 0 Å². The zero-order valence-electron chi connectivity index (χ0n) is 39.6. The summed E-state index contributed by atoms with van der Waals surface area (Å²) in [7, 11) is -31.7. The van der Waals surface area contributed by atoms with Crippen LogP contribution in [0.2, 0.25) is 0 Å². The van der Waals surface area contributed by atoms with Crippen LogP contribution in [0.15, 0.2) is 0 Å². The van der Waals surface area contributed by atoms with E-state index in [1.165, 1.54) is 53.3 Å². The second kappa shape index (κ2) is 69.4. The van der Waals surface area contributed by atoms with E-state index in [4.69, 9.17) is 58.7 Å². The Morgan fingerprint density at radius 3 is 0.153 bits per heavy atom. The van der Waals surface area contributed by atoms with Gasteiger partial charge in [0.05, 0.1) is 28.6 Å². The molecule has 0 aromatic carbocycles. The summed E-state index contributed by atoms with van der Waals surface area (Å²) in [5.41, 5.74) is 0. The Morgan fingerprint density at radius 1 is 0.153 bits per heavy atom. The van der Waals surface area contributed by atoms with E-state index in [-0.39, 0.29) is 89.1 Å². The van der Waals surface area contributed by atoms with Gasteiger partial charge in [-0.1, -0.05) is 89.1 Å². The predicted molar refractivity (Wildman–Crippen MR) is 341 cm³/mol. The van der Waals surface area contributed by atoms with Crippen molar-refractivity contribution in [2.45, 2.75) is 89.1 Å². The lowest BCUT2D eigenvalue weighted by molar-refractivity contribution is 0.379. The Balaban J connectivity index is -0.0000000156. The van der Waals surface area contributed by atoms with Crippen molar-refractivity contribution in [2.24, 2.45) is 0 Å². The van der Waals surface area contributed by atoms with Gasteiger partial charge in [0.2, 0.25) is 0 Å². The van der Waals surface area contributed by atoms with Gasteiger partial charge in [-0.05, 0) is 80.0 Å². The summed E-state index contributed by atoms with van der Waals surface area (Å²) in [4.78, 5) is 93.4. The van der Waals surface area contributed by atoms with Crippen LogP contribution in [0, 0.1) is 0 Å². The summed E-state index contributed by atoms with van der Waals surface area (Å²) >= 11 is 0. The highest BCUT2D eigenvalue weighted by Gasteiger charge is 1.98. The minimum absolute atomic E-state index is 0. The van der Waals surface area contributed by atoms with E-state index >= 15 is 0 Å². The smallest absolute Gasteiger partial charge is 0.322 e. The molecule has 0 unspecified atom stereocenters. The molecule has 12 N–H and O–H groups in total. The molecule has 0 aromatic heterocycles. The van der Waals surface area contributed by atoms with Crippen molar-refractivity contribution < 1.29 is 114 Å². The summed E-state index contributed by atoms with van der Waals surface area (Å²) in [5.74, 6) is 0. The maximum absolute atomic E-state index is 10.2. The van der Waals surface area contributed by atoms with Gasteiger partial charge in [-0.3, -0.25) is 36.5 Å². The molecule has 480 valence electrons. The molecule has 0 amide bonds. The quantitative estimate of drug-likeness (QED) is 0.100. The molecular formula is C36H132O24P12. The second-order valence-corrected chi connectivity index (χ2v) is 48.2. The van der Waals surface area contributed by atoms with Gasteiger partial charge >= 0.3 is 30.4 Å². The molecule has 0 saturated carbocycles. The van der Waals surface area contributed by atoms with E-state index in [1.54, 1.807) is 80.0 Å². The van der Waals surface area contributed by atoms with Crippen LogP contribution in [-0.4, -0.2) is 219 Å². The number of rotatable bonds is 0. The highest BCUT2D eigenvalue weighted by molar-refractivity contribution is 7.62. The van der Waals surface area contributed by atoms with Gasteiger partial charge < -0.3 is 77.0 Å². The predicted octanol–water partition coefficient (Wildman–Crippen LogP) is 13.8. The average Bonchev–Trinajstić information content (AvgIpc) is 2.48. The van der Waals surface area contributed by atoms with Crippen molar-refractivity contribution in [3.05, 3.63) is 0 Å². The normalized spacial score (nSPS) is 9.83. The topological polar surface area (TPSA) is 448 Å². The summed E-state index contributed by atoms with van der Waals surface area (Å²) in [6.45, 7) is 34.7. The largest absolute Gasteiger partial charge is 0.345 e. The molecule has 0 radical (unpaired) electrons. The van der Waals surface area contributed by atoms with Gasteiger partial charge in [-0.15, -0.1) is 0 Å². The van der Waals surface area contributed by atoms with Crippen molar-refractivity contribution in [3.63, 3.8) is 0 Å². The minimum Gasteiger partial charge on any atom is -0.345 e. The third kappa shape index (κ3) is 70600. The van der Waals surface area contributed by atoms with Crippen LogP contribution in [0.1, 0.15) is 89.1 Å². The molecule has 0 aliphatic heterocycles. The van der Waals surface area contributed by atoms with Gasteiger partial charge in [-0.25, -0.2) is 0 Å². The van der Waals surface area contributed by atoms with Crippen LogP contribution in [-0.2, 0) is 54.8 Å². The first-order valence-corrected chi connectivity index (χ1v) is 46.0. The first kappa shape index (κ1) is 158. The van der Waals surface area contributed by atoms with E-state index in [9.17, 15) is 54.8 Å². The van der Waals surface area contributed by atoms with Crippen molar-refractivity contribution in [3.8, 4) is 0 Å². The molecule has 0 aliphatic rings. The van der Waals surface area contributed by atoms with Gasteiger partial charge in [-0.2, -0.15) is 0 Å². The molecule has 0 heterocycles. The molecule has 0 atom stereocenters. The van der Waals surface area contributed by atoms with Crippen LogP contribution in [0.4, 0.5) is 0 Å². The van der Waals surface area contributed by atoms with Crippen molar-refractivity contribution in [1.82, 2.24) is 0 Å². The summed E-state index contributed by atoms with van der Waals surface area (Å²) in [6, 6.07) is 0. The van der Waals surface area contributed by atoms with Crippen LogP contribution in [0.25, 0.3) is 0 Å². The van der Waals surface area contributed by atoms with Crippen LogP contribution in [0.5, 0.6) is 0 Å². The lowest BCUT2D eigenvalue weighted by Crippen LogP contribution is -1.64. The molecule has 0 fully saturated rings. The fraction of sp³-hybridized carbons (Fsp3) is 1.00. The molecule has 0 saturated heterocycles. The van der Waals surface area contributed by atoms with Gasteiger partial charge in [0.1, 0.15) is 0 Å². The molecule has 0 aliphatic carbocycles. The van der Waals surface area contributed by atoms with E-state index in [1.807, 2.05) is 0 Å². The maximum Gasteiger partial charge on any atom is 0.322 e. The van der Waals surface area contributed by atoms with E-state index < -0.39 is 88.4 Å². The Bertz CT molecular complexity index is 1090. The Morgan fingerprint density at radius 2 is 0.153 bits per heavy atom. The Labute approximate surface area is 449 Å². The van der Waals surface area contributed by atoms with E-state index in [0.29, 0.717) is 0 Å². The zero-order chi connectivity index (χ0) is 54.0. The van der Waals surface area contributed by atoms with Gasteiger partial charge in [0.15, 0.2) is 29.5 Å². The summed E-state index contributed by atoms with van der Waals surface area (Å²) < 4.78 is 117. The summed E-state index contributed by atoms with van der Waals surface area (Å²) in [5, 5.41) is 0. The molecule has 36 heteroatoms. The standard InChI is InChI=1S/4C3H9OP.4C2H7O2P.4CH5O3P.12CH4/c12*1-5(2,3)4;;;;;;;;;;;;/h4*1-3H3;4*1-2H3,(H,3,4);4*1H3,(H2,2,3,4);12*1H4. The van der Waals surface area contributed by atoms with Gasteiger partial charge in [0.25, 0.3) is 0 Å².